The second kappa shape index (κ2) is 7.09. The molecule has 0 amide bonds. The number of methoxy groups -OCH3 is 1. The average molecular weight is 226 g/mol. The lowest BCUT2D eigenvalue weighted by molar-refractivity contribution is 0.246. The number of rotatable bonds is 7. The fourth-order valence-corrected chi connectivity index (χ4v) is 1.33. The molecular formula is C12H18O4. The third kappa shape index (κ3) is 3.72. The smallest absolute Gasteiger partial charge is 0.161 e. The topological polar surface area (TPSA) is 58.9 Å². The summed E-state index contributed by atoms with van der Waals surface area (Å²) < 4.78 is 10.7. The molecule has 0 spiro atoms. The molecule has 0 saturated heterocycles. The van der Waals surface area contributed by atoms with E-state index in [0.29, 0.717) is 18.1 Å². The van der Waals surface area contributed by atoms with Gasteiger partial charge in [0.15, 0.2) is 11.5 Å². The van der Waals surface area contributed by atoms with Crippen LogP contribution in [0.1, 0.15) is 18.4 Å². The molecule has 16 heavy (non-hydrogen) atoms. The molecule has 0 unspecified atom stereocenters. The third-order valence-corrected chi connectivity index (χ3v) is 2.22. The van der Waals surface area contributed by atoms with Crippen LogP contribution in [0.25, 0.3) is 0 Å². The summed E-state index contributed by atoms with van der Waals surface area (Å²) in [6.45, 7) is 0.723. The maximum atomic E-state index is 8.97. The van der Waals surface area contributed by atoms with Gasteiger partial charge in [0.05, 0.1) is 20.3 Å². The van der Waals surface area contributed by atoms with E-state index in [1.807, 2.05) is 0 Å². The van der Waals surface area contributed by atoms with Crippen LogP contribution in [0, 0.1) is 0 Å². The van der Waals surface area contributed by atoms with Crippen molar-refractivity contribution in [2.24, 2.45) is 0 Å². The van der Waals surface area contributed by atoms with Crippen molar-refractivity contribution in [2.75, 3.05) is 20.3 Å². The summed E-state index contributed by atoms with van der Waals surface area (Å²) in [6.07, 6.45) is 1.54. The summed E-state index contributed by atoms with van der Waals surface area (Å²) in [5.41, 5.74) is 0.791. The van der Waals surface area contributed by atoms with Gasteiger partial charge in [0.25, 0.3) is 0 Å². The fraction of sp³-hybridized carbons (Fsp3) is 0.500. The van der Waals surface area contributed by atoms with Crippen molar-refractivity contribution in [3.8, 4) is 11.5 Å². The van der Waals surface area contributed by atoms with Gasteiger partial charge in [0.2, 0.25) is 0 Å². The molecule has 0 saturated carbocycles. The van der Waals surface area contributed by atoms with Crippen LogP contribution in [0.2, 0.25) is 0 Å². The van der Waals surface area contributed by atoms with Gasteiger partial charge in [-0.3, -0.25) is 0 Å². The highest BCUT2D eigenvalue weighted by atomic mass is 16.5. The van der Waals surface area contributed by atoms with E-state index in [2.05, 4.69) is 0 Å². The van der Waals surface area contributed by atoms with Crippen molar-refractivity contribution < 1.29 is 19.7 Å². The van der Waals surface area contributed by atoms with E-state index >= 15 is 0 Å². The first-order chi connectivity index (χ1) is 7.81. The molecule has 1 aromatic carbocycles. The van der Waals surface area contributed by atoms with Gasteiger partial charge in [-0.05, 0) is 30.5 Å². The largest absolute Gasteiger partial charge is 0.493 e. The Bertz CT molecular complexity index is 312. The molecule has 0 aliphatic heterocycles. The van der Waals surface area contributed by atoms with Crippen LogP contribution in [-0.4, -0.2) is 30.5 Å². The first-order valence-electron chi connectivity index (χ1n) is 5.33. The van der Waals surface area contributed by atoms with Crippen LogP contribution < -0.4 is 9.47 Å². The molecule has 0 aliphatic carbocycles. The van der Waals surface area contributed by atoms with Gasteiger partial charge in [-0.25, -0.2) is 0 Å². The average Bonchev–Trinajstić information content (AvgIpc) is 2.34. The zero-order valence-corrected chi connectivity index (χ0v) is 9.48. The van der Waals surface area contributed by atoms with E-state index in [4.69, 9.17) is 19.7 Å². The first-order valence-corrected chi connectivity index (χ1v) is 5.33. The van der Waals surface area contributed by atoms with Crippen molar-refractivity contribution in [1.29, 1.82) is 0 Å². The van der Waals surface area contributed by atoms with Gasteiger partial charge in [-0.1, -0.05) is 6.07 Å². The molecule has 4 heteroatoms. The van der Waals surface area contributed by atoms with E-state index in [-0.39, 0.29) is 13.2 Å². The molecule has 0 fully saturated rings. The number of hydrogen-bond donors (Lipinski definition) is 2. The van der Waals surface area contributed by atoms with Gasteiger partial charge in [-0.15, -0.1) is 0 Å². The number of unbranched alkanes of at least 4 members (excludes halogenated alkanes) is 1. The van der Waals surface area contributed by atoms with E-state index in [1.54, 1.807) is 25.3 Å². The molecule has 0 radical (unpaired) electrons. The molecule has 4 nitrogen and oxygen atoms in total. The Balaban J connectivity index is 2.57. The van der Waals surface area contributed by atoms with Gasteiger partial charge >= 0.3 is 0 Å². The second-order valence-electron chi connectivity index (χ2n) is 3.42. The molecule has 0 heterocycles. The maximum absolute atomic E-state index is 8.97. The minimum Gasteiger partial charge on any atom is -0.493 e. The molecule has 0 bridgehead atoms. The van der Waals surface area contributed by atoms with E-state index < -0.39 is 0 Å². The van der Waals surface area contributed by atoms with Gasteiger partial charge < -0.3 is 19.7 Å². The van der Waals surface area contributed by atoms with Crippen LogP contribution in [0.15, 0.2) is 18.2 Å². The van der Waals surface area contributed by atoms with Crippen LogP contribution in [0.5, 0.6) is 11.5 Å². The highest BCUT2D eigenvalue weighted by Gasteiger charge is 2.04. The quantitative estimate of drug-likeness (QED) is 0.689. The Morgan fingerprint density at radius 1 is 1.12 bits per heavy atom. The normalized spacial score (nSPS) is 10.2. The monoisotopic (exact) mass is 226 g/mol. The minimum atomic E-state index is -0.0127. The Kier molecular flexibility index (Phi) is 5.67. The zero-order valence-electron chi connectivity index (χ0n) is 9.48. The highest BCUT2D eigenvalue weighted by molar-refractivity contribution is 5.42. The van der Waals surface area contributed by atoms with Crippen molar-refractivity contribution in [2.45, 2.75) is 19.4 Å². The number of aliphatic hydroxyl groups is 2. The van der Waals surface area contributed by atoms with Crippen LogP contribution in [-0.2, 0) is 6.61 Å². The predicted molar refractivity (Wildman–Crippen MR) is 60.7 cm³/mol. The maximum Gasteiger partial charge on any atom is 0.161 e. The number of ether oxygens (including phenoxy) is 2. The highest BCUT2D eigenvalue weighted by Crippen LogP contribution is 2.28. The van der Waals surface area contributed by atoms with Crippen LogP contribution in [0.4, 0.5) is 0 Å². The summed E-state index contributed by atoms with van der Waals surface area (Å²) in [7, 11) is 1.57. The van der Waals surface area contributed by atoms with Crippen LogP contribution in [0.3, 0.4) is 0 Å². The van der Waals surface area contributed by atoms with Gasteiger partial charge in [-0.2, -0.15) is 0 Å². The Morgan fingerprint density at radius 3 is 2.56 bits per heavy atom. The third-order valence-electron chi connectivity index (χ3n) is 2.22. The fourth-order valence-electron chi connectivity index (χ4n) is 1.33. The number of hydrogen-bond acceptors (Lipinski definition) is 4. The first kappa shape index (κ1) is 12.8. The van der Waals surface area contributed by atoms with Crippen molar-refractivity contribution in [1.82, 2.24) is 0 Å². The molecule has 0 aromatic heterocycles. The standard InChI is InChI=1S/C12H18O4/c1-15-12-8-10(9-14)4-5-11(12)16-7-3-2-6-13/h4-5,8,13-14H,2-3,6-7,9H2,1H3. The summed E-state index contributed by atoms with van der Waals surface area (Å²) in [5, 5.41) is 17.6. The molecular weight excluding hydrogens is 208 g/mol. The Morgan fingerprint density at radius 2 is 1.94 bits per heavy atom. The van der Waals surface area contributed by atoms with Crippen molar-refractivity contribution >= 4 is 0 Å². The SMILES string of the molecule is COc1cc(CO)ccc1OCCCCO. The van der Waals surface area contributed by atoms with E-state index in [9.17, 15) is 0 Å². The second-order valence-corrected chi connectivity index (χ2v) is 3.42. The Labute approximate surface area is 95.4 Å². The minimum absolute atomic E-state index is 0.0127. The van der Waals surface area contributed by atoms with Crippen LogP contribution >= 0.6 is 0 Å². The molecule has 1 aromatic rings. The summed E-state index contributed by atoms with van der Waals surface area (Å²) in [4.78, 5) is 0. The summed E-state index contributed by atoms with van der Waals surface area (Å²) in [5.74, 6) is 1.29. The summed E-state index contributed by atoms with van der Waals surface area (Å²) >= 11 is 0. The molecule has 2 N–H and O–H groups in total. The lowest BCUT2D eigenvalue weighted by atomic mass is 10.2. The lowest BCUT2D eigenvalue weighted by Gasteiger charge is -2.11. The molecule has 0 atom stereocenters. The Hall–Kier alpha value is -1.26. The molecule has 90 valence electrons. The van der Waals surface area contributed by atoms with E-state index in [0.717, 1.165) is 18.4 Å². The zero-order chi connectivity index (χ0) is 11.8. The number of benzene rings is 1. The van der Waals surface area contributed by atoms with Gasteiger partial charge in [0.1, 0.15) is 0 Å². The molecule has 1 rings (SSSR count). The lowest BCUT2D eigenvalue weighted by Crippen LogP contribution is -2.00. The predicted octanol–water partition coefficient (Wildman–Crippen LogP) is 1.34. The van der Waals surface area contributed by atoms with E-state index in [1.165, 1.54) is 0 Å². The van der Waals surface area contributed by atoms with Crippen molar-refractivity contribution in [3.05, 3.63) is 23.8 Å². The van der Waals surface area contributed by atoms with Gasteiger partial charge in [0, 0.05) is 6.61 Å². The summed E-state index contributed by atoms with van der Waals surface area (Å²) in [6, 6.07) is 5.33. The molecule has 0 aliphatic rings. The number of aliphatic hydroxyl groups excluding tert-OH is 2. The van der Waals surface area contributed by atoms with Crippen molar-refractivity contribution in [3.63, 3.8) is 0 Å².